The fourth-order valence-corrected chi connectivity index (χ4v) is 2.08. The minimum absolute atomic E-state index is 0.142. The number of pyridine rings is 1. The van der Waals surface area contributed by atoms with Crippen molar-refractivity contribution in [2.75, 3.05) is 12.4 Å². The maximum Gasteiger partial charge on any atom is 0.271 e. The number of hydrogen-bond donors (Lipinski definition) is 1. The molecule has 0 saturated carbocycles. The van der Waals surface area contributed by atoms with Crippen LogP contribution in [-0.2, 0) is 0 Å². The largest absolute Gasteiger partial charge is 0.495 e. The van der Waals surface area contributed by atoms with Gasteiger partial charge in [0, 0.05) is 18.3 Å². The van der Waals surface area contributed by atoms with Gasteiger partial charge in [0.2, 0.25) is 0 Å². The lowest BCUT2D eigenvalue weighted by Gasteiger charge is -2.10. The molecule has 1 aromatic heterocycles. The molecule has 1 heterocycles. The van der Waals surface area contributed by atoms with E-state index < -0.39 is 10.8 Å². The van der Waals surface area contributed by atoms with Crippen LogP contribution in [0.4, 0.5) is 11.4 Å². The third-order valence-corrected chi connectivity index (χ3v) is 3.28. The van der Waals surface area contributed by atoms with Crippen molar-refractivity contribution in [2.45, 2.75) is 0 Å². The van der Waals surface area contributed by atoms with E-state index in [1.807, 2.05) is 0 Å². The average Bonchev–Trinajstić information content (AvgIpc) is 2.47. The molecule has 0 fully saturated rings. The van der Waals surface area contributed by atoms with E-state index in [1.165, 1.54) is 31.5 Å². The summed E-state index contributed by atoms with van der Waals surface area (Å²) in [5.74, 6) is -0.122. The van der Waals surface area contributed by atoms with Crippen LogP contribution in [0.15, 0.2) is 41.1 Å². The highest BCUT2D eigenvalue weighted by molar-refractivity contribution is 9.10. The van der Waals surface area contributed by atoms with Gasteiger partial charge in [0.15, 0.2) is 0 Å². The van der Waals surface area contributed by atoms with Crippen LogP contribution < -0.4 is 10.1 Å². The molecule has 21 heavy (non-hydrogen) atoms. The summed E-state index contributed by atoms with van der Waals surface area (Å²) in [7, 11) is 1.41. The lowest BCUT2D eigenvalue weighted by atomic mass is 10.2. The summed E-state index contributed by atoms with van der Waals surface area (Å²) in [6.07, 6.45) is 1.54. The monoisotopic (exact) mass is 351 g/mol. The highest BCUT2D eigenvalue weighted by Crippen LogP contribution is 2.29. The SMILES string of the molecule is COc1ccc([N+](=O)[O-])cc1NC(=O)c1cccnc1Br. The molecule has 108 valence electrons. The summed E-state index contributed by atoms with van der Waals surface area (Å²) in [4.78, 5) is 26.4. The van der Waals surface area contributed by atoms with Crippen molar-refractivity contribution in [3.05, 3.63) is 56.8 Å². The predicted molar refractivity (Wildman–Crippen MR) is 79.5 cm³/mol. The van der Waals surface area contributed by atoms with Gasteiger partial charge in [-0.25, -0.2) is 4.98 Å². The van der Waals surface area contributed by atoms with Crippen molar-refractivity contribution in [3.63, 3.8) is 0 Å². The first-order chi connectivity index (χ1) is 10.0. The van der Waals surface area contributed by atoms with Gasteiger partial charge in [-0.15, -0.1) is 0 Å². The van der Waals surface area contributed by atoms with Crippen LogP contribution in [-0.4, -0.2) is 22.9 Å². The van der Waals surface area contributed by atoms with Crippen molar-refractivity contribution in [3.8, 4) is 5.75 Å². The molecule has 0 aliphatic rings. The summed E-state index contributed by atoms with van der Waals surface area (Å²) in [5.41, 5.74) is 0.384. The van der Waals surface area contributed by atoms with E-state index >= 15 is 0 Å². The molecule has 1 amide bonds. The Kier molecular flexibility index (Phi) is 4.49. The van der Waals surface area contributed by atoms with Crippen LogP contribution in [0, 0.1) is 10.1 Å². The highest BCUT2D eigenvalue weighted by atomic mass is 79.9. The van der Waals surface area contributed by atoms with E-state index in [0.717, 1.165) is 0 Å². The Hall–Kier alpha value is -2.48. The lowest BCUT2D eigenvalue weighted by Crippen LogP contribution is -2.14. The lowest BCUT2D eigenvalue weighted by molar-refractivity contribution is -0.384. The van der Waals surface area contributed by atoms with Gasteiger partial charge in [0.1, 0.15) is 10.4 Å². The van der Waals surface area contributed by atoms with Gasteiger partial charge in [0.25, 0.3) is 11.6 Å². The molecule has 0 saturated heterocycles. The number of rotatable bonds is 4. The molecule has 0 aliphatic heterocycles. The Morgan fingerprint density at radius 1 is 1.43 bits per heavy atom. The Morgan fingerprint density at radius 3 is 2.81 bits per heavy atom. The highest BCUT2D eigenvalue weighted by Gasteiger charge is 2.16. The van der Waals surface area contributed by atoms with Crippen LogP contribution in [0.25, 0.3) is 0 Å². The molecule has 0 radical (unpaired) electrons. The van der Waals surface area contributed by atoms with E-state index in [9.17, 15) is 14.9 Å². The van der Waals surface area contributed by atoms with Crippen molar-refractivity contribution >= 4 is 33.2 Å². The molecule has 0 unspecified atom stereocenters. The molecule has 8 heteroatoms. The Morgan fingerprint density at radius 2 is 2.19 bits per heavy atom. The van der Waals surface area contributed by atoms with Crippen LogP contribution in [0.3, 0.4) is 0 Å². The van der Waals surface area contributed by atoms with Crippen molar-refractivity contribution in [1.29, 1.82) is 0 Å². The third kappa shape index (κ3) is 3.34. The minimum atomic E-state index is -0.547. The van der Waals surface area contributed by atoms with Gasteiger partial charge < -0.3 is 10.1 Å². The van der Waals surface area contributed by atoms with Gasteiger partial charge in [-0.05, 0) is 34.1 Å². The Bertz CT molecular complexity index is 706. The number of carbonyl (C=O) groups excluding carboxylic acids is 1. The van der Waals surface area contributed by atoms with Gasteiger partial charge >= 0.3 is 0 Å². The number of ether oxygens (including phenoxy) is 1. The van der Waals surface area contributed by atoms with Gasteiger partial charge in [0.05, 0.1) is 23.3 Å². The number of anilines is 1. The molecule has 0 bridgehead atoms. The summed E-state index contributed by atoms with van der Waals surface area (Å²) in [6, 6.07) is 7.15. The van der Waals surface area contributed by atoms with E-state index in [-0.39, 0.29) is 11.4 Å². The predicted octanol–water partition coefficient (Wildman–Crippen LogP) is 3.01. The first-order valence-corrected chi connectivity index (χ1v) is 6.56. The van der Waals surface area contributed by atoms with Gasteiger partial charge in [-0.2, -0.15) is 0 Å². The number of benzene rings is 1. The molecule has 0 aliphatic carbocycles. The molecule has 0 spiro atoms. The molecule has 2 aromatic rings. The van der Waals surface area contributed by atoms with Crippen LogP contribution in [0.2, 0.25) is 0 Å². The second-order valence-corrected chi connectivity index (χ2v) is 4.69. The molecular weight excluding hydrogens is 342 g/mol. The summed E-state index contributed by atoms with van der Waals surface area (Å²) < 4.78 is 5.46. The zero-order valence-electron chi connectivity index (χ0n) is 10.9. The Balaban J connectivity index is 2.34. The number of nitro groups is 1. The number of amides is 1. The molecule has 1 aromatic carbocycles. The topological polar surface area (TPSA) is 94.4 Å². The maximum absolute atomic E-state index is 12.2. The van der Waals surface area contributed by atoms with Crippen LogP contribution >= 0.6 is 15.9 Å². The van der Waals surface area contributed by atoms with Gasteiger partial charge in [-0.1, -0.05) is 0 Å². The zero-order valence-corrected chi connectivity index (χ0v) is 12.5. The smallest absolute Gasteiger partial charge is 0.271 e. The quantitative estimate of drug-likeness (QED) is 0.519. The number of methoxy groups -OCH3 is 1. The number of hydrogen-bond acceptors (Lipinski definition) is 5. The normalized spacial score (nSPS) is 10.0. The summed E-state index contributed by atoms with van der Waals surface area (Å²) in [6.45, 7) is 0. The fourth-order valence-electron chi connectivity index (χ4n) is 1.65. The molecule has 7 nitrogen and oxygen atoms in total. The molecule has 0 atom stereocenters. The molecular formula is C13H10BrN3O4. The molecule has 2 rings (SSSR count). The first-order valence-electron chi connectivity index (χ1n) is 5.77. The van der Waals surface area contributed by atoms with Crippen LogP contribution in [0.1, 0.15) is 10.4 Å². The van der Waals surface area contributed by atoms with Crippen LogP contribution in [0.5, 0.6) is 5.75 Å². The number of halogens is 1. The van der Waals surface area contributed by atoms with Crippen molar-refractivity contribution in [2.24, 2.45) is 0 Å². The van der Waals surface area contributed by atoms with E-state index in [2.05, 4.69) is 26.2 Å². The zero-order chi connectivity index (χ0) is 15.4. The standard InChI is InChI=1S/C13H10BrN3O4/c1-21-11-5-4-8(17(19)20)7-10(11)16-13(18)9-3-2-6-15-12(9)14/h2-7H,1H3,(H,16,18). The third-order valence-electron chi connectivity index (χ3n) is 2.65. The number of nitro benzene ring substituents is 1. The summed E-state index contributed by atoms with van der Waals surface area (Å²) in [5, 5.41) is 13.4. The Labute approximate surface area is 128 Å². The number of nitrogens with zero attached hydrogens (tertiary/aromatic N) is 2. The number of aromatic nitrogens is 1. The molecule has 1 N–H and O–H groups in total. The number of non-ortho nitro benzene ring substituents is 1. The maximum atomic E-state index is 12.2. The second kappa shape index (κ2) is 6.31. The van der Waals surface area contributed by atoms with Gasteiger partial charge in [-0.3, -0.25) is 14.9 Å². The average molecular weight is 352 g/mol. The number of nitrogens with one attached hydrogen (secondary N) is 1. The van der Waals surface area contributed by atoms with Crippen molar-refractivity contribution in [1.82, 2.24) is 4.98 Å². The summed E-state index contributed by atoms with van der Waals surface area (Å²) >= 11 is 3.17. The van der Waals surface area contributed by atoms with E-state index in [0.29, 0.717) is 15.9 Å². The number of carbonyl (C=O) groups is 1. The van der Waals surface area contributed by atoms with E-state index in [1.54, 1.807) is 12.1 Å². The second-order valence-electron chi connectivity index (χ2n) is 3.94. The fraction of sp³-hybridized carbons (Fsp3) is 0.0769. The van der Waals surface area contributed by atoms with E-state index in [4.69, 9.17) is 4.74 Å². The van der Waals surface area contributed by atoms with Crippen molar-refractivity contribution < 1.29 is 14.5 Å². The first kappa shape index (κ1) is 14.9. The minimum Gasteiger partial charge on any atom is -0.495 e.